The second kappa shape index (κ2) is 6.02. The van der Waals surface area contributed by atoms with Crippen molar-refractivity contribution in [1.82, 2.24) is 4.90 Å². The van der Waals surface area contributed by atoms with Crippen LogP contribution in [0.1, 0.15) is 31.2 Å². The highest BCUT2D eigenvalue weighted by Crippen LogP contribution is 2.48. The SMILES string of the molecule is COC(=O)C1=CO[C@H](C)[C@H]2CN3CC[C@@H]4c5ccccc5N[C@@H]4[C@H]3C[C@H]12. The zero-order valence-corrected chi connectivity index (χ0v) is 15.4. The van der Waals surface area contributed by atoms with Crippen LogP contribution in [0.5, 0.6) is 0 Å². The van der Waals surface area contributed by atoms with Gasteiger partial charge in [-0.1, -0.05) is 18.2 Å². The molecule has 6 atom stereocenters. The van der Waals surface area contributed by atoms with Gasteiger partial charge in [0, 0.05) is 42.1 Å². The fourth-order valence-electron chi connectivity index (χ4n) is 5.70. The van der Waals surface area contributed by atoms with E-state index in [0.717, 1.165) is 19.5 Å². The van der Waals surface area contributed by atoms with Gasteiger partial charge >= 0.3 is 5.97 Å². The molecule has 5 nitrogen and oxygen atoms in total. The number of para-hydroxylation sites is 1. The number of anilines is 1. The quantitative estimate of drug-likeness (QED) is 0.786. The summed E-state index contributed by atoms with van der Waals surface area (Å²) >= 11 is 0. The van der Waals surface area contributed by atoms with Crippen LogP contribution in [0, 0.1) is 11.8 Å². The average molecular weight is 354 g/mol. The molecule has 4 aliphatic rings. The second-order valence-electron chi connectivity index (χ2n) is 8.13. The van der Waals surface area contributed by atoms with Gasteiger partial charge in [0.15, 0.2) is 0 Å². The van der Waals surface area contributed by atoms with Crippen molar-refractivity contribution in [1.29, 1.82) is 0 Å². The fraction of sp³-hybridized carbons (Fsp3) is 0.571. The zero-order chi connectivity index (χ0) is 17.8. The maximum absolute atomic E-state index is 12.3. The van der Waals surface area contributed by atoms with Crippen LogP contribution in [0.4, 0.5) is 5.69 Å². The van der Waals surface area contributed by atoms with E-state index in [1.165, 1.54) is 24.8 Å². The highest BCUT2D eigenvalue weighted by Gasteiger charge is 2.51. The van der Waals surface area contributed by atoms with Gasteiger partial charge in [-0.15, -0.1) is 0 Å². The molecule has 2 fully saturated rings. The van der Waals surface area contributed by atoms with E-state index >= 15 is 0 Å². The lowest BCUT2D eigenvalue weighted by molar-refractivity contribution is -0.139. The summed E-state index contributed by atoms with van der Waals surface area (Å²) in [4.78, 5) is 14.9. The van der Waals surface area contributed by atoms with Crippen LogP contribution >= 0.6 is 0 Å². The molecule has 0 saturated carbocycles. The minimum atomic E-state index is -0.240. The summed E-state index contributed by atoms with van der Waals surface area (Å²) in [5.41, 5.74) is 3.46. The summed E-state index contributed by atoms with van der Waals surface area (Å²) in [6.45, 7) is 4.24. The highest BCUT2D eigenvalue weighted by atomic mass is 16.5. The summed E-state index contributed by atoms with van der Waals surface area (Å²) in [7, 11) is 1.46. The Bertz CT molecular complexity index is 761. The predicted molar refractivity (Wildman–Crippen MR) is 98.8 cm³/mol. The van der Waals surface area contributed by atoms with Crippen LogP contribution in [0.3, 0.4) is 0 Å². The van der Waals surface area contributed by atoms with E-state index < -0.39 is 0 Å². The molecule has 0 aliphatic carbocycles. The molecular formula is C21H26N2O3. The molecule has 2 saturated heterocycles. The number of nitrogens with one attached hydrogen (secondary N) is 1. The molecule has 0 bridgehead atoms. The normalized spacial score (nSPS) is 37.8. The van der Waals surface area contributed by atoms with E-state index in [0.29, 0.717) is 29.5 Å². The van der Waals surface area contributed by atoms with Crippen molar-refractivity contribution in [2.45, 2.75) is 43.9 Å². The maximum Gasteiger partial charge on any atom is 0.337 e. The summed E-state index contributed by atoms with van der Waals surface area (Å²) in [6, 6.07) is 9.59. The van der Waals surface area contributed by atoms with Crippen LogP contribution in [0.25, 0.3) is 0 Å². The summed E-state index contributed by atoms with van der Waals surface area (Å²) in [6.07, 6.45) is 3.98. The van der Waals surface area contributed by atoms with Crippen molar-refractivity contribution >= 4 is 11.7 Å². The van der Waals surface area contributed by atoms with Crippen LogP contribution in [0.15, 0.2) is 36.1 Å². The van der Waals surface area contributed by atoms with Crippen molar-refractivity contribution in [3.63, 3.8) is 0 Å². The van der Waals surface area contributed by atoms with Gasteiger partial charge in [-0.3, -0.25) is 4.90 Å². The molecule has 1 aromatic rings. The Labute approximate surface area is 154 Å². The number of piperidine rings is 2. The number of hydrogen-bond acceptors (Lipinski definition) is 5. The third-order valence-corrected chi connectivity index (χ3v) is 7.02. The number of carbonyl (C=O) groups is 1. The van der Waals surface area contributed by atoms with Crippen molar-refractivity contribution in [2.24, 2.45) is 11.8 Å². The number of benzene rings is 1. The fourth-order valence-corrected chi connectivity index (χ4v) is 5.70. The molecule has 1 aromatic carbocycles. The van der Waals surface area contributed by atoms with E-state index in [1.54, 1.807) is 6.26 Å². The Morgan fingerprint density at radius 1 is 1.31 bits per heavy atom. The number of ether oxygens (including phenoxy) is 2. The van der Waals surface area contributed by atoms with Crippen molar-refractivity contribution < 1.29 is 14.3 Å². The smallest absolute Gasteiger partial charge is 0.337 e. The maximum atomic E-state index is 12.3. The topological polar surface area (TPSA) is 50.8 Å². The molecule has 0 amide bonds. The molecule has 4 aliphatic heterocycles. The number of carbonyl (C=O) groups excluding carboxylic acids is 1. The molecule has 26 heavy (non-hydrogen) atoms. The molecule has 0 radical (unpaired) electrons. The Morgan fingerprint density at radius 3 is 3.00 bits per heavy atom. The molecule has 0 unspecified atom stereocenters. The van der Waals surface area contributed by atoms with E-state index in [-0.39, 0.29) is 18.0 Å². The van der Waals surface area contributed by atoms with Gasteiger partial charge in [0.2, 0.25) is 0 Å². The number of methoxy groups -OCH3 is 1. The van der Waals surface area contributed by atoms with E-state index in [1.807, 2.05) is 0 Å². The van der Waals surface area contributed by atoms with Crippen molar-refractivity contribution in [2.75, 3.05) is 25.5 Å². The number of nitrogens with zero attached hydrogens (tertiary/aromatic N) is 1. The number of rotatable bonds is 1. The van der Waals surface area contributed by atoms with Gasteiger partial charge in [0.05, 0.1) is 25.0 Å². The Morgan fingerprint density at radius 2 is 2.15 bits per heavy atom. The standard InChI is InChI=1S/C21H26N2O3/c1-12-16-10-23-8-7-14-13-5-3-4-6-18(13)22-20(14)19(23)9-15(16)17(11-26-12)21(24)25-2/h3-6,11-12,14-16,19-20,22H,7-10H2,1-2H3/t12-,14-,15+,16-,19-,20+/m1/s1. The minimum Gasteiger partial charge on any atom is -0.497 e. The molecular weight excluding hydrogens is 328 g/mol. The molecule has 0 spiro atoms. The monoisotopic (exact) mass is 354 g/mol. The van der Waals surface area contributed by atoms with Gasteiger partial charge < -0.3 is 14.8 Å². The van der Waals surface area contributed by atoms with Gasteiger partial charge in [-0.05, 0) is 37.9 Å². The molecule has 5 heteroatoms. The summed E-state index contributed by atoms with van der Waals surface area (Å²) in [5, 5.41) is 3.79. The predicted octanol–water partition coefficient (Wildman–Crippen LogP) is 2.75. The lowest BCUT2D eigenvalue weighted by Crippen LogP contribution is -2.60. The number of esters is 1. The van der Waals surface area contributed by atoms with Gasteiger partial charge in [-0.2, -0.15) is 0 Å². The van der Waals surface area contributed by atoms with E-state index in [2.05, 4.69) is 41.4 Å². The second-order valence-corrected chi connectivity index (χ2v) is 8.13. The van der Waals surface area contributed by atoms with Crippen LogP contribution in [0.2, 0.25) is 0 Å². The molecule has 1 N–H and O–H groups in total. The van der Waals surface area contributed by atoms with Crippen molar-refractivity contribution in [3.05, 3.63) is 41.7 Å². The first-order chi connectivity index (χ1) is 12.7. The molecule has 5 rings (SSSR count). The van der Waals surface area contributed by atoms with Crippen LogP contribution in [-0.2, 0) is 14.3 Å². The zero-order valence-electron chi connectivity index (χ0n) is 15.4. The summed E-state index contributed by atoms with van der Waals surface area (Å²) in [5.74, 6) is 0.907. The molecule has 0 aromatic heterocycles. The summed E-state index contributed by atoms with van der Waals surface area (Å²) < 4.78 is 10.8. The first-order valence-electron chi connectivity index (χ1n) is 9.70. The van der Waals surface area contributed by atoms with E-state index in [4.69, 9.17) is 9.47 Å². The third-order valence-electron chi connectivity index (χ3n) is 7.02. The first-order valence-corrected chi connectivity index (χ1v) is 9.70. The highest BCUT2D eigenvalue weighted by molar-refractivity contribution is 5.89. The Hall–Kier alpha value is -2.01. The van der Waals surface area contributed by atoms with E-state index in [9.17, 15) is 4.79 Å². The number of hydrogen-bond donors (Lipinski definition) is 1. The number of fused-ring (bicyclic) bond motifs is 6. The molecule has 138 valence electrons. The lowest BCUT2D eigenvalue weighted by Gasteiger charge is -2.52. The Kier molecular flexibility index (Phi) is 3.74. The van der Waals surface area contributed by atoms with Crippen molar-refractivity contribution in [3.8, 4) is 0 Å². The van der Waals surface area contributed by atoms with Gasteiger partial charge in [0.1, 0.15) is 0 Å². The van der Waals surface area contributed by atoms with Gasteiger partial charge in [-0.25, -0.2) is 4.79 Å². The van der Waals surface area contributed by atoms with Gasteiger partial charge in [0.25, 0.3) is 0 Å². The molecule has 4 heterocycles. The third kappa shape index (κ3) is 2.29. The Balaban J connectivity index is 1.45. The average Bonchev–Trinajstić information content (AvgIpc) is 3.06. The largest absolute Gasteiger partial charge is 0.497 e. The van der Waals surface area contributed by atoms with Crippen LogP contribution in [-0.4, -0.2) is 49.3 Å². The first kappa shape index (κ1) is 16.2. The minimum absolute atomic E-state index is 0.140. The lowest BCUT2D eigenvalue weighted by atomic mass is 9.69. The van der Waals surface area contributed by atoms with Crippen LogP contribution < -0.4 is 5.32 Å².